The van der Waals surface area contributed by atoms with Crippen molar-refractivity contribution in [1.29, 1.82) is 0 Å². The predicted molar refractivity (Wildman–Crippen MR) is 68.9 cm³/mol. The topological polar surface area (TPSA) is 102 Å². The number of amides is 1. The molecule has 1 aliphatic rings. The summed E-state index contributed by atoms with van der Waals surface area (Å²) in [6.07, 6.45) is 2.38. The van der Waals surface area contributed by atoms with Gasteiger partial charge in [0.25, 0.3) is 0 Å². The zero-order valence-corrected chi connectivity index (χ0v) is 11.0. The van der Waals surface area contributed by atoms with Crippen molar-refractivity contribution in [1.82, 2.24) is 15.1 Å². The number of nitro groups is 1. The molecule has 0 unspecified atom stereocenters. The van der Waals surface area contributed by atoms with E-state index in [9.17, 15) is 14.9 Å². The Morgan fingerprint density at radius 1 is 1.58 bits per heavy atom. The molecule has 1 fully saturated rings. The quantitative estimate of drug-likeness (QED) is 0.584. The van der Waals surface area contributed by atoms with Crippen LogP contribution in [0.1, 0.15) is 25.0 Å². The third-order valence-electron chi connectivity index (χ3n) is 2.96. The average molecular weight is 267 g/mol. The summed E-state index contributed by atoms with van der Waals surface area (Å²) in [6, 6.07) is 0.334. The highest BCUT2D eigenvalue weighted by atomic mass is 16.6. The molecular formula is C11H17N5O3. The molecule has 104 valence electrons. The van der Waals surface area contributed by atoms with Crippen LogP contribution in [0.25, 0.3) is 0 Å². The molecule has 0 aliphatic heterocycles. The predicted octanol–water partition coefficient (Wildman–Crippen LogP) is 0.717. The first-order chi connectivity index (χ1) is 8.99. The SMILES string of the molecule is Cc1nn(C)c(NCCC(=O)NC2CC2)c1[N+](=O)[O-]. The van der Waals surface area contributed by atoms with Gasteiger partial charge in [-0.2, -0.15) is 5.10 Å². The summed E-state index contributed by atoms with van der Waals surface area (Å²) >= 11 is 0. The molecule has 19 heavy (non-hydrogen) atoms. The molecule has 0 radical (unpaired) electrons. The van der Waals surface area contributed by atoms with Gasteiger partial charge < -0.3 is 10.6 Å². The zero-order chi connectivity index (χ0) is 14.0. The van der Waals surface area contributed by atoms with E-state index >= 15 is 0 Å². The zero-order valence-electron chi connectivity index (χ0n) is 11.0. The number of rotatable bonds is 6. The maximum absolute atomic E-state index is 11.5. The van der Waals surface area contributed by atoms with Crippen molar-refractivity contribution in [3.05, 3.63) is 15.8 Å². The van der Waals surface area contributed by atoms with Gasteiger partial charge in [-0.3, -0.25) is 14.9 Å². The summed E-state index contributed by atoms with van der Waals surface area (Å²) in [6.45, 7) is 1.93. The Morgan fingerprint density at radius 3 is 2.84 bits per heavy atom. The maximum atomic E-state index is 11.5. The maximum Gasteiger partial charge on any atom is 0.333 e. The van der Waals surface area contributed by atoms with Crippen LogP contribution in [0.2, 0.25) is 0 Å². The van der Waals surface area contributed by atoms with Crippen LogP contribution in [0, 0.1) is 17.0 Å². The third kappa shape index (κ3) is 3.21. The summed E-state index contributed by atoms with van der Waals surface area (Å²) in [5.41, 5.74) is 0.322. The van der Waals surface area contributed by atoms with E-state index in [-0.39, 0.29) is 18.0 Å². The van der Waals surface area contributed by atoms with Gasteiger partial charge in [0.1, 0.15) is 5.69 Å². The van der Waals surface area contributed by atoms with Crippen molar-refractivity contribution in [2.75, 3.05) is 11.9 Å². The fourth-order valence-corrected chi connectivity index (χ4v) is 1.89. The lowest BCUT2D eigenvalue weighted by Crippen LogP contribution is -2.27. The molecule has 0 atom stereocenters. The van der Waals surface area contributed by atoms with E-state index in [1.54, 1.807) is 14.0 Å². The van der Waals surface area contributed by atoms with Gasteiger partial charge in [0.05, 0.1) is 4.92 Å². The van der Waals surface area contributed by atoms with Crippen LogP contribution in [0.3, 0.4) is 0 Å². The van der Waals surface area contributed by atoms with Crippen LogP contribution < -0.4 is 10.6 Å². The molecular weight excluding hydrogens is 250 g/mol. The molecule has 2 N–H and O–H groups in total. The number of aromatic nitrogens is 2. The number of hydrogen-bond acceptors (Lipinski definition) is 5. The molecule has 1 aliphatic carbocycles. The van der Waals surface area contributed by atoms with Crippen molar-refractivity contribution < 1.29 is 9.72 Å². The van der Waals surface area contributed by atoms with Crippen molar-refractivity contribution >= 4 is 17.4 Å². The normalized spacial score (nSPS) is 14.2. The summed E-state index contributed by atoms with van der Waals surface area (Å²) in [7, 11) is 1.63. The molecule has 0 aromatic carbocycles. The largest absolute Gasteiger partial charge is 0.364 e. The molecule has 1 heterocycles. The van der Waals surface area contributed by atoms with Crippen LogP contribution in [0.4, 0.5) is 11.5 Å². The number of hydrogen-bond donors (Lipinski definition) is 2. The van der Waals surface area contributed by atoms with E-state index in [2.05, 4.69) is 15.7 Å². The third-order valence-corrected chi connectivity index (χ3v) is 2.96. The monoisotopic (exact) mass is 267 g/mol. The smallest absolute Gasteiger partial charge is 0.333 e. The van der Waals surface area contributed by atoms with E-state index in [4.69, 9.17) is 0 Å². The first-order valence-corrected chi connectivity index (χ1v) is 6.20. The van der Waals surface area contributed by atoms with Crippen LogP contribution >= 0.6 is 0 Å². The van der Waals surface area contributed by atoms with Gasteiger partial charge in [0, 0.05) is 26.1 Å². The van der Waals surface area contributed by atoms with Gasteiger partial charge >= 0.3 is 5.69 Å². The molecule has 1 aromatic heterocycles. The van der Waals surface area contributed by atoms with Crippen LogP contribution in [0.15, 0.2) is 0 Å². The minimum atomic E-state index is -0.463. The summed E-state index contributed by atoms with van der Waals surface area (Å²) < 4.78 is 1.42. The number of carbonyl (C=O) groups is 1. The van der Waals surface area contributed by atoms with E-state index in [0.29, 0.717) is 24.1 Å². The molecule has 1 saturated carbocycles. The standard InChI is InChI=1S/C11H17N5O3/c1-7-10(16(18)19)11(15(2)14-7)12-6-5-9(17)13-8-3-4-8/h8,12H,3-6H2,1-2H3,(H,13,17). The fraction of sp³-hybridized carbons (Fsp3) is 0.636. The molecule has 0 bridgehead atoms. The first kappa shape index (κ1) is 13.3. The van der Waals surface area contributed by atoms with Gasteiger partial charge in [-0.25, -0.2) is 4.68 Å². The van der Waals surface area contributed by atoms with Crippen LogP contribution in [0.5, 0.6) is 0 Å². The molecule has 1 amide bonds. The highest BCUT2D eigenvalue weighted by molar-refractivity contribution is 5.77. The van der Waals surface area contributed by atoms with Crippen molar-refractivity contribution in [3.63, 3.8) is 0 Å². The number of carbonyl (C=O) groups excluding carboxylic acids is 1. The van der Waals surface area contributed by atoms with E-state index < -0.39 is 4.92 Å². The van der Waals surface area contributed by atoms with Gasteiger partial charge in [-0.05, 0) is 19.8 Å². The lowest BCUT2D eigenvalue weighted by atomic mass is 10.3. The Bertz CT molecular complexity index is 507. The number of anilines is 1. The minimum absolute atomic E-state index is 0.0310. The molecule has 0 spiro atoms. The molecule has 0 saturated heterocycles. The second kappa shape index (κ2) is 5.25. The van der Waals surface area contributed by atoms with Crippen molar-refractivity contribution in [3.8, 4) is 0 Å². The summed E-state index contributed by atoms with van der Waals surface area (Å²) in [5.74, 6) is 0.304. The Balaban J connectivity index is 1.91. The highest BCUT2D eigenvalue weighted by Crippen LogP contribution is 2.27. The lowest BCUT2D eigenvalue weighted by Gasteiger charge is -2.06. The fourth-order valence-electron chi connectivity index (χ4n) is 1.89. The molecule has 2 rings (SSSR count). The number of nitrogens with one attached hydrogen (secondary N) is 2. The van der Waals surface area contributed by atoms with E-state index in [1.165, 1.54) is 4.68 Å². The Labute approximate surface area is 110 Å². The second-order valence-corrected chi connectivity index (χ2v) is 4.68. The second-order valence-electron chi connectivity index (χ2n) is 4.68. The molecule has 8 nitrogen and oxygen atoms in total. The van der Waals surface area contributed by atoms with E-state index in [0.717, 1.165) is 12.8 Å². The van der Waals surface area contributed by atoms with E-state index in [1.807, 2.05) is 0 Å². The van der Waals surface area contributed by atoms with Gasteiger partial charge in [0.15, 0.2) is 0 Å². The molecule has 8 heteroatoms. The van der Waals surface area contributed by atoms with Crippen molar-refractivity contribution in [2.24, 2.45) is 7.05 Å². The van der Waals surface area contributed by atoms with Gasteiger partial charge in [-0.15, -0.1) is 0 Å². The van der Waals surface area contributed by atoms with Crippen molar-refractivity contribution in [2.45, 2.75) is 32.2 Å². The van der Waals surface area contributed by atoms with Crippen LogP contribution in [-0.2, 0) is 11.8 Å². The molecule has 1 aromatic rings. The minimum Gasteiger partial charge on any atom is -0.364 e. The average Bonchev–Trinajstić information content (AvgIpc) is 3.05. The summed E-state index contributed by atoms with van der Waals surface area (Å²) in [5, 5.41) is 20.7. The Morgan fingerprint density at radius 2 is 2.26 bits per heavy atom. The highest BCUT2D eigenvalue weighted by Gasteiger charge is 2.25. The Hall–Kier alpha value is -2.12. The Kier molecular flexibility index (Phi) is 3.68. The van der Waals surface area contributed by atoms with Crippen LogP contribution in [-0.4, -0.2) is 33.2 Å². The number of aryl methyl sites for hydroxylation is 2. The van der Waals surface area contributed by atoms with Gasteiger partial charge in [-0.1, -0.05) is 0 Å². The summed E-state index contributed by atoms with van der Waals surface area (Å²) in [4.78, 5) is 22.0. The lowest BCUT2D eigenvalue weighted by molar-refractivity contribution is -0.384. The first-order valence-electron chi connectivity index (χ1n) is 6.20. The van der Waals surface area contributed by atoms with Gasteiger partial charge in [0.2, 0.25) is 11.7 Å². The number of nitrogens with zero attached hydrogens (tertiary/aromatic N) is 3.